The fourth-order valence-corrected chi connectivity index (χ4v) is 3.42. The Kier molecular flexibility index (Phi) is 4.09. The van der Waals surface area contributed by atoms with Crippen LogP contribution in [0.4, 0.5) is 5.82 Å². The van der Waals surface area contributed by atoms with E-state index in [1.165, 1.54) is 0 Å². The second kappa shape index (κ2) is 5.42. The van der Waals surface area contributed by atoms with Crippen molar-refractivity contribution < 1.29 is 5.11 Å². The van der Waals surface area contributed by atoms with Crippen LogP contribution in [0.15, 0.2) is 11.7 Å². The molecule has 1 unspecified atom stereocenters. The van der Waals surface area contributed by atoms with E-state index in [4.69, 9.17) is 0 Å². The number of nitrogens with zero attached hydrogens (tertiary/aromatic N) is 2. The molecule has 2 aromatic heterocycles. The number of aromatic nitrogens is 2. The number of nitrogens with one attached hydrogen (secondary N) is 1. The highest BCUT2D eigenvalue weighted by atomic mass is 32.2. The van der Waals surface area contributed by atoms with Crippen molar-refractivity contribution in [3.05, 3.63) is 17.3 Å². The Bertz CT molecular complexity index is 539. The number of fused-ring (bicyclic) bond motifs is 1. The second-order valence-electron chi connectivity index (χ2n) is 4.60. The third kappa shape index (κ3) is 2.93. The Morgan fingerprint density at radius 1 is 1.50 bits per heavy atom. The first-order chi connectivity index (χ1) is 8.53. The van der Waals surface area contributed by atoms with E-state index in [2.05, 4.69) is 20.7 Å². The topological polar surface area (TPSA) is 58.0 Å². The summed E-state index contributed by atoms with van der Waals surface area (Å²) in [7, 11) is 0. The summed E-state index contributed by atoms with van der Waals surface area (Å²) < 4.78 is 1.05. The monoisotopic (exact) mass is 283 g/mol. The van der Waals surface area contributed by atoms with Crippen molar-refractivity contribution in [1.82, 2.24) is 9.97 Å². The minimum Gasteiger partial charge on any atom is -0.387 e. The lowest BCUT2D eigenvalue weighted by Gasteiger charge is -2.22. The average molecular weight is 283 g/mol. The number of hydrogen-bond acceptors (Lipinski definition) is 6. The van der Waals surface area contributed by atoms with Gasteiger partial charge in [0.05, 0.1) is 15.8 Å². The molecule has 0 amide bonds. The maximum Gasteiger partial charge on any atom is 0.147 e. The summed E-state index contributed by atoms with van der Waals surface area (Å²) in [6, 6.07) is 0. The molecule has 0 saturated heterocycles. The van der Waals surface area contributed by atoms with Gasteiger partial charge in [0.25, 0.3) is 0 Å². The van der Waals surface area contributed by atoms with Gasteiger partial charge in [0.2, 0.25) is 0 Å². The van der Waals surface area contributed by atoms with E-state index < -0.39 is 5.60 Å². The van der Waals surface area contributed by atoms with E-state index in [1.54, 1.807) is 29.4 Å². The average Bonchev–Trinajstić information content (AvgIpc) is 2.69. The zero-order valence-electron chi connectivity index (χ0n) is 10.7. The Morgan fingerprint density at radius 2 is 2.28 bits per heavy atom. The third-order valence-corrected chi connectivity index (χ3v) is 4.63. The molecule has 0 radical (unpaired) electrons. The van der Waals surface area contributed by atoms with E-state index in [1.807, 2.05) is 20.1 Å². The molecule has 0 aliphatic heterocycles. The smallest absolute Gasteiger partial charge is 0.147 e. The molecular weight excluding hydrogens is 266 g/mol. The fraction of sp³-hybridized carbons (Fsp3) is 0.500. The van der Waals surface area contributed by atoms with Gasteiger partial charge in [0.1, 0.15) is 12.1 Å². The van der Waals surface area contributed by atoms with Gasteiger partial charge in [-0.15, -0.1) is 11.3 Å². The van der Waals surface area contributed by atoms with Gasteiger partial charge in [-0.1, -0.05) is 0 Å². The minimum absolute atomic E-state index is 0.483. The van der Waals surface area contributed by atoms with E-state index in [0.29, 0.717) is 12.3 Å². The van der Waals surface area contributed by atoms with Gasteiger partial charge in [-0.05, 0) is 31.0 Å². The normalized spacial score (nSPS) is 14.7. The summed E-state index contributed by atoms with van der Waals surface area (Å²) in [5.74, 6) is 1.50. The largest absolute Gasteiger partial charge is 0.387 e. The van der Waals surface area contributed by atoms with Crippen LogP contribution in [0.1, 0.15) is 12.5 Å². The quantitative estimate of drug-likeness (QED) is 0.883. The molecule has 0 aliphatic carbocycles. The lowest BCUT2D eigenvalue weighted by atomic mass is 10.1. The number of hydrogen-bond donors (Lipinski definition) is 2. The van der Waals surface area contributed by atoms with Crippen LogP contribution in [0.5, 0.6) is 0 Å². The Balaban J connectivity index is 2.17. The summed E-state index contributed by atoms with van der Waals surface area (Å²) in [6.07, 6.45) is 3.55. The van der Waals surface area contributed by atoms with Gasteiger partial charge in [0, 0.05) is 12.3 Å². The number of thiophene rings is 1. The van der Waals surface area contributed by atoms with Crippen LogP contribution in [0, 0.1) is 6.92 Å². The van der Waals surface area contributed by atoms with Crippen LogP contribution in [-0.2, 0) is 0 Å². The van der Waals surface area contributed by atoms with Crippen molar-refractivity contribution >= 4 is 39.1 Å². The molecule has 1 atom stereocenters. The van der Waals surface area contributed by atoms with Crippen LogP contribution in [0.2, 0.25) is 0 Å². The summed E-state index contributed by atoms with van der Waals surface area (Å²) in [4.78, 5) is 8.53. The molecule has 4 nitrogen and oxygen atoms in total. The molecule has 0 spiro atoms. The molecule has 2 rings (SSSR count). The Labute approximate surface area is 115 Å². The van der Waals surface area contributed by atoms with Gasteiger partial charge >= 0.3 is 0 Å². The van der Waals surface area contributed by atoms with Gasteiger partial charge < -0.3 is 10.4 Å². The summed E-state index contributed by atoms with van der Waals surface area (Å²) in [5, 5.41) is 15.4. The van der Waals surface area contributed by atoms with Crippen molar-refractivity contribution in [2.24, 2.45) is 0 Å². The molecule has 0 aliphatic rings. The Hall–Kier alpha value is -0.850. The van der Waals surface area contributed by atoms with Crippen molar-refractivity contribution in [3.8, 4) is 0 Å². The molecule has 2 N–H and O–H groups in total. The van der Waals surface area contributed by atoms with Crippen LogP contribution < -0.4 is 5.32 Å². The highest BCUT2D eigenvalue weighted by Gasteiger charge is 2.20. The van der Waals surface area contributed by atoms with E-state index in [0.717, 1.165) is 21.6 Å². The predicted molar refractivity (Wildman–Crippen MR) is 79.6 cm³/mol. The number of thioether (sulfide) groups is 1. The maximum atomic E-state index is 10.1. The number of anilines is 1. The van der Waals surface area contributed by atoms with Gasteiger partial charge in [0.15, 0.2) is 0 Å². The van der Waals surface area contributed by atoms with Crippen molar-refractivity contribution in [2.75, 3.05) is 23.9 Å². The van der Waals surface area contributed by atoms with E-state index in [9.17, 15) is 5.11 Å². The molecule has 6 heteroatoms. The molecule has 18 heavy (non-hydrogen) atoms. The number of aryl methyl sites for hydroxylation is 1. The number of aliphatic hydroxyl groups is 1. The first-order valence-electron chi connectivity index (χ1n) is 5.67. The highest BCUT2D eigenvalue weighted by Crippen LogP contribution is 2.28. The summed E-state index contributed by atoms with van der Waals surface area (Å²) in [5.41, 5.74) is 1.42. The third-order valence-electron chi connectivity index (χ3n) is 2.62. The molecule has 2 aromatic rings. The molecule has 0 bridgehead atoms. The van der Waals surface area contributed by atoms with Crippen LogP contribution >= 0.6 is 23.1 Å². The lowest BCUT2D eigenvalue weighted by Crippen LogP contribution is -2.36. The molecular formula is C12H17N3OS2. The molecule has 0 fully saturated rings. The van der Waals surface area contributed by atoms with Gasteiger partial charge in [-0.25, -0.2) is 9.97 Å². The highest BCUT2D eigenvalue weighted by molar-refractivity contribution is 7.98. The van der Waals surface area contributed by atoms with E-state index >= 15 is 0 Å². The van der Waals surface area contributed by atoms with Crippen molar-refractivity contribution in [2.45, 2.75) is 19.4 Å². The predicted octanol–water partition coefficient (Wildman–Crippen LogP) is 2.53. The summed E-state index contributed by atoms with van der Waals surface area (Å²) >= 11 is 3.26. The van der Waals surface area contributed by atoms with Crippen LogP contribution in [-0.4, -0.2) is 39.2 Å². The van der Waals surface area contributed by atoms with Gasteiger partial charge in [-0.2, -0.15) is 11.8 Å². The van der Waals surface area contributed by atoms with Crippen molar-refractivity contribution in [3.63, 3.8) is 0 Å². The SMILES string of the molecule is CSCC(C)(O)CNc1ncnc2c(C)csc12. The van der Waals surface area contributed by atoms with Crippen LogP contribution in [0.25, 0.3) is 10.2 Å². The summed E-state index contributed by atoms with van der Waals surface area (Å²) in [6.45, 7) is 4.35. The van der Waals surface area contributed by atoms with Crippen LogP contribution in [0.3, 0.4) is 0 Å². The molecule has 2 heterocycles. The second-order valence-corrected chi connectivity index (χ2v) is 6.35. The first-order valence-corrected chi connectivity index (χ1v) is 7.95. The first kappa shape index (κ1) is 13.6. The fourth-order valence-electron chi connectivity index (χ4n) is 1.73. The standard InChI is InChI=1S/C12H17N3OS2/c1-8-4-18-10-9(8)14-7-15-11(10)13-5-12(2,16)6-17-3/h4,7,16H,5-6H2,1-3H3,(H,13,14,15). The molecule has 98 valence electrons. The van der Waals surface area contributed by atoms with Crippen molar-refractivity contribution in [1.29, 1.82) is 0 Å². The molecule has 0 aromatic carbocycles. The maximum absolute atomic E-state index is 10.1. The zero-order valence-corrected chi connectivity index (χ0v) is 12.4. The molecule has 0 saturated carbocycles. The number of rotatable bonds is 5. The zero-order chi connectivity index (χ0) is 13.2. The lowest BCUT2D eigenvalue weighted by molar-refractivity contribution is 0.0996. The Morgan fingerprint density at radius 3 is 3.00 bits per heavy atom. The van der Waals surface area contributed by atoms with Gasteiger partial charge in [-0.3, -0.25) is 0 Å². The van der Waals surface area contributed by atoms with E-state index in [-0.39, 0.29) is 0 Å². The minimum atomic E-state index is -0.733.